The summed E-state index contributed by atoms with van der Waals surface area (Å²) in [5.74, 6) is -0.171. The number of nitriles is 1. The van der Waals surface area contributed by atoms with Gasteiger partial charge in [-0.2, -0.15) is 5.26 Å². The van der Waals surface area contributed by atoms with Gasteiger partial charge in [-0.25, -0.2) is 0 Å². The Bertz CT molecular complexity index is 225. The molecule has 0 fully saturated rings. The average molecular weight is 197 g/mol. The van der Waals surface area contributed by atoms with E-state index in [0.717, 1.165) is 0 Å². The highest BCUT2D eigenvalue weighted by Crippen LogP contribution is 2.06. The molecule has 0 aliphatic heterocycles. The Morgan fingerprint density at radius 2 is 2.21 bits per heavy atom. The van der Waals surface area contributed by atoms with Crippen LogP contribution in [0.15, 0.2) is 0 Å². The Balaban J connectivity index is 3.63. The molecule has 0 aliphatic carbocycles. The van der Waals surface area contributed by atoms with Gasteiger partial charge in [-0.3, -0.25) is 4.79 Å². The quantitative estimate of drug-likeness (QED) is 0.683. The smallest absolute Gasteiger partial charge is 0.220 e. The second kappa shape index (κ2) is 5.61. The van der Waals surface area contributed by atoms with Crippen LogP contribution in [0, 0.1) is 17.2 Å². The Morgan fingerprint density at radius 3 is 2.64 bits per heavy atom. The standard InChI is InChI=1S/C10H19N3O/c1-8(6-11)7-13-9(14)4-5-10(2,3)12/h8H,4-5,7,12H2,1-3H3,(H,13,14). The monoisotopic (exact) mass is 197 g/mol. The van der Waals surface area contributed by atoms with E-state index >= 15 is 0 Å². The lowest BCUT2D eigenvalue weighted by molar-refractivity contribution is -0.121. The number of nitrogens with two attached hydrogens (primary N) is 1. The first-order chi connectivity index (χ1) is 6.35. The summed E-state index contributed by atoms with van der Waals surface area (Å²) >= 11 is 0. The van der Waals surface area contributed by atoms with Crippen molar-refractivity contribution < 1.29 is 4.79 Å². The second-order valence-corrected chi connectivity index (χ2v) is 4.32. The second-order valence-electron chi connectivity index (χ2n) is 4.32. The fourth-order valence-electron chi connectivity index (χ4n) is 0.837. The van der Waals surface area contributed by atoms with Crippen LogP contribution >= 0.6 is 0 Å². The fraction of sp³-hybridized carbons (Fsp3) is 0.800. The summed E-state index contributed by atoms with van der Waals surface area (Å²) in [5, 5.41) is 11.2. The summed E-state index contributed by atoms with van der Waals surface area (Å²) in [5.41, 5.74) is 5.43. The minimum atomic E-state index is -0.307. The number of rotatable bonds is 5. The molecule has 0 spiro atoms. The molecular weight excluding hydrogens is 178 g/mol. The number of amides is 1. The molecule has 1 atom stereocenters. The Labute approximate surface area is 85.5 Å². The highest BCUT2D eigenvalue weighted by Gasteiger charge is 2.13. The lowest BCUT2D eigenvalue weighted by atomic mass is 10.00. The molecule has 4 nitrogen and oxygen atoms in total. The van der Waals surface area contributed by atoms with Crippen molar-refractivity contribution in [3.63, 3.8) is 0 Å². The minimum absolute atomic E-state index is 0.0365. The summed E-state index contributed by atoms with van der Waals surface area (Å²) in [7, 11) is 0. The molecule has 0 aliphatic rings. The molecule has 1 amide bonds. The normalized spacial score (nSPS) is 13.1. The molecule has 0 heterocycles. The predicted molar refractivity (Wildman–Crippen MR) is 55.3 cm³/mol. The molecule has 80 valence electrons. The predicted octanol–water partition coefficient (Wildman–Crippen LogP) is 0.780. The van der Waals surface area contributed by atoms with Gasteiger partial charge in [-0.1, -0.05) is 0 Å². The van der Waals surface area contributed by atoms with E-state index in [2.05, 4.69) is 11.4 Å². The van der Waals surface area contributed by atoms with Gasteiger partial charge in [0, 0.05) is 18.5 Å². The third kappa shape index (κ3) is 7.56. The molecular formula is C10H19N3O. The van der Waals surface area contributed by atoms with E-state index in [9.17, 15) is 4.79 Å². The third-order valence-electron chi connectivity index (χ3n) is 1.82. The van der Waals surface area contributed by atoms with Gasteiger partial charge in [0.1, 0.15) is 0 Å². The van der Waals surface area contributed by atoms with Crippen LogP contribution < -0.4 is 11.1 Å². The molecule has 4 heteroatoms. The van der Waals surface area contributed by atoms with Crippen molar-refractivity contribution in [3.05, 3.63) is 0 Å². The molecule has 0 saturated carbocycles. The number of nitrogens with zero attached hydrogens (tertiary/aromatic N) is 1. The van der Waals surface area contributed by atoms with Crippen LogP contribution in [0.1, 0.15) is 33.6 Å². The zero-order chi connectivity index (χ0) is 11.2. The van der Waals surface area contributed by atoms with Gasteiger partial charge in [-0.15, -0.1) is 0 Å². The van der Waals surface area contributed by atoms with Crippen molar-refractivity contribution in [3.8, 4) is 6.07 Å². The van der Waals surface area contributed by atoms with Crippen molar-refractivity contribution in [2.75, 3.05) is 6.54 Å². The van der Waals surface area contributed by atoms with E-state index in [1.54, 1.807) is 6.92 Å². The molecule has 1 unspecified atom stereocenters. The molecule has 3 N–H and O–H groups in total. The van der Waals surface area contributed by atoms with Crippen molar-refractivity contribution in [1.29, 1.82) is 5.26 Å². The van der Waals surface area contributed by atoms with Gasteiger partial charge >= 0.3 is 0 Å². The molecule has 0 aromatic carbocycles. The van der Waals surface area contributed by atoms with Crippen molar-refractivity contribution in [1.82, 2.24) is 5.32 Å². The number of carbonyl (C=O) groups excluding carboxylic acids is 1. The van der Waals surface area contributed by atoms with E-state index in [1.807, 2.05) is 13.8 Å². The molecule has 0 bridgehead atoms. The van der Waals surface area contributed by atoms with E-state index in [1.165, 1.54) is 0 Å². The molecule has 0 radical (unpaired) electrons. The van der Waals surface area contributed by atoms with Gasteiger partial charge in [0.2, 0.25) is 5.91 Å². The molecule has 0 aromatic rings. The van der Waals surface area contributed by atoms with E-state index in [4.69, 9.17) is 11.0 Å². The first-order valence-corrected chi connectivity index (χ1v) is 4.80. The number of hydrogen-bond donors (Lipinski definition) is 2. The van der Waals surface area contributed by atoms with Crippen LogP contribution in [0.2, 0.25) is 0 Å². The van der Waals surface area contributed by atoms with Crippen LogP contribution in [-0.2, 0) is 4.79 Å². The van der Waals surface area contributed by atoms with Gasteiger partial charge in [0.05, 0.1) is 12.0 Å². The molecule has 0 rings (SSSR count). The third-order valence-corrected chi connectivity index (χ3v) is 1.82. The maximum Gasteiger partial charge on any atom is 0.220 e. The topological polar surface area (TPSA) is 78.9 Å². The highest BCUT2D eigenvalue weighted by atomic mass is 16.1. The van der Waals surface area contributed by atoms with Gasteiger partial charge in [0.15, 0.2) is 0 Å². The van der Waals surface area contributed by atoms with Crippen molar-refractivity contribution in [2.24, 2.45) is 11.7 Å². The van der Waals surface area contributed by atoms with Crippen LogP contribution in [0.25, 0.3) is 0 Å². The fourth-order valence-corrected chi connectivity index (χ4v) is 0.837. The van der Waals surface area contributed by atoms with Crippen LogP contribution in [-0.4, -0.2) is 18.0 Å². The maximum absolute atomic E-state index is 11.2. The van der Waals surface area contributed by atoms with Crippen molar-refractivity contribution in [2.45, 2.75) is 39.2 Å². The first-order valence-electron chi connectivity index (χ1n) is 4.80. The van der Waals surface area contributed by atoms with E-state index in [-0.39, 0.29) is 17.4 Å². The SMILES string of the molecule is CC(C#N)CNC(=O)CCC(C)(C)N. The van der Waals surface area contributed by atoms with Gasteiger partial charge < -0.3 is 11.1 Å². The van der Waals surface area contributed by atoms with Crippen molar-refractivity contribution >= 4 is 5.91 Å². The molecule has 14 heavy (non-hydrogen) atoms. The summed E-state index contributed by atoms with van der Waals surface area (Å²) in [4.78, 5) is 11.2. The zero-order valence-corrected chi connectivity index (χ0v) is 9.13. The highest BCUT2D eigenvalue weighted by molar-refractivity contribution is 5.75. The van der Waals surface area contributed by atoms with Gasteiger partial charge in [0.25, 0.3) is 0 Å². The van der Waals surface area contributed by atoms with E-state index < -0.39 is 0 Å². The Hall–Kier alpha value is -1.08. The van der Waals surface area contributed by atoms with Crippen LogP contribution in [0.3, 0.4) is 0 Å². The lowest BCUT2D eigenvalue weighted by Crippen LogP contribution is -2.35. The number of hydrogen-bond acceptors (Lipinski definition) is 3. The maximum atomic E-state index is 11.2. The Morgan fingerprint density at radius 1 is 1.64 bits per heavy atom. The zero-order valence-electron chi connectivity index (χ0n) is 9.13. The first kappa shape index (κ1) is 12.9. The van der Waals surface area contributed by atoms with E-state index in [0.29, 0.717) is 19.4 Å². The Kier molecular flexibility index (Phi) is 5.18. The lowest BCUT2D eigenvalue weighted by Gasteiger charge is -2.17. The summed E-state index contributed by atoms with van der Waals surface area (Å²) in [6.45, 7) is 5.96. The summed E-state index contributed by atoms with van der Waals surface area (Å²) in [6, 6.07) is 2.05. The largest absolute Gasteiger partial charge is 0.355 e. The average Bonchev–Trinajstić information content (AvgIpc) is 2.09. The number of carbonyl (C=O) groups is 1. The summed E-state index contributed by atoms with van der Waals surface area (Å²) < 4.78 is 0. The minimum Gasteiger partial charge on any atom is -0.355 e. The molecule has 0 aromatic heterocycles. The van der Waals surface area contributed by atoms with Gasteiger partial charge in [-0.05, 0) is 27.2 Å². The van der Waals surface area contributed by atoms with Crippen LogP contribution in [0.4, 0.5) is 0 Å². The number of nitrogens with one attached hydrogen (secondary N) is 1. The summed E-state index contributed by atoms with van der Waals surface area (Å²) in [6.07, 6.45) is 1.07. The molecule has 0 saturated heterocycles. The van der Waals surface area contributed by atoms with Crippen LogP contribution in [0.5, 0.6) is 0 Å².